The molecule has 2 aromatic rings. The summed E-state index contributed by atoms with van der Waals surface area (Å²) in [4.78, 5) is 3.89. The van der Waals surface area contributed by atoms with E-state index in [0.29, 0.717) is 17.2 Å². The second-order valence-electron chi connectivity index (χ2n) is 3.60. The molecule has 1 N–H and O–H groups in total. The first-order valence-corrected chi connectivity index (χ1v) is 5.02. The first-order chi connectivity index (χ1) is 8.17. The monoisotopic (exact) mass is 226 g/mol. The number of nitriles is 1. The Hall–Kier alpha value is -2.54. The Morgan fingerprint density at radius 2 is 2.06 bits per heavy atom. The molecule has 0 bridgehead atoms. The lowest BCUT2D eigenvalue weighted by Gasteiger charge is -2.06. The standard InChI is InChI=1S/C13H10N2O2/c1-9-4-11(16)6-13(5-9)17-12-3-2-10(7-14)15-8-12/h2-6,8,16H,1H3. The Balaban J connectivity index is 2.22. The lowest BCUT2D eigenvalue weighted by Crippen LogP contribution is -1.87. The zero-order chi connectivity index (χ0) is 12.3. The molecule has 0 radical (unpaired) electrons. The van der Waals surface area contributed by atoms with Gasteiger partial charge in [-0.2, -0.15) is 5.26 Å². The SMILES string of the molecule is Cc1cc(O)cc(Oc2ccc(C#N)nc2)c1. The van der Waals surface area contributed by atoms with Crippen molar-refractivity contribution in [1.29, 1.82) is 5.26 Å². The van der Waals surface area contributed by atoms with E-state index in [2.05, 4.69) is 4.98 Å². The van der Waals surface area contributed by atoms with Gasteiger partial charge < -0.3 is 9.84 Å². The lowest BCUT2D eigenvalue weighted by atomic mass is 10.2. The van der Waals surface area contributed by atoms with Crippen LogP contribution in [0.4, 0.5) is 0 Å². The van der Waals surface area contributed by atoms with E-state index in [1.165, 1.54) is 12.3 Å². The van der Waals surface area contributed by atoms with Gasteiger partial charge in [0, 0.05) is 6.07 Å². The Labute approximate surface area is 98.7 Å². The number of rotatable bonds is 2. The third kappa shape index (κ3) is 2.73. The van der Waals surface area contributed by atoms with E-state index >= 15 is 0 Å². The molecule has 0 aliphatic rings. The number of hydrogen-bond acceptors (Lipinski definition) is 4. The summed E-state index contributed by atoms with van der Waals surface area (Å²) in [6.07, 6.45) is 1.47. The average Bonchev–Trinajstić information content (AvgIpc) is 2.28. The molecule has 0 saturated carbocycles. The van der Waals surface area contributed by atoms with E-state index in [0.717, 1.165) is 5.56 Å². The first-order valence-electron chi connectivity index (χ1n) is 5.02. The lowest BCUT2D eigenvalue weighted by molar-refractivity contribution is 0.453. The van der Waals surface area contributed by atoms with Crippen LogP contribution in [0.15, 0.2) is 36.5 Å². The molecule has 0 saturated heterocycles. The smallest absolute Gasteiger partial charge is 0.145 e. The fourth-order valence-electron chi connectivity index (χ4n) is 1.43. The molecule has 0 amide bonds. The number of pyridine rings is 1. The molecule has 0 atom stereocenters. The number of aromatic hydroxyl groups is 1. The van der Waals surface area contributed by atoms with E-state index in [1.54, 1.807) is 24.3 Å². The highest BCUT2D eigenvalue weighted by Gasteiger charge is 2.01. The van der Waals surface area contributed by atoms with Crippen LogP contribution in [0.2, 0.25) is 0 Å². The van der Waals surface area contributed by atoms with Crippen LogP contribution in [0.25, 0.3) is 0 Å². The summed E-state index contributed by atoms with van der Waals surface area (Å²) in [5, 5.41) is 18.0. The zero-order valence-corrected chi connectivity index (χ0v) is 9.21. The zero-order valence-electron chi connectivity index (χ0n) is 9.21. The van der Waals surface area contributed by atoms with Gasteiger partial charge in [-0.1, -0.05) is 0 Å². The largest absolute Gasteiger partial charge is 0.508 e. The maximum absolute atomic E-state index is 9.42. The fraction of sp³-hybridized carbons (Fsp3) is 0.0769. The molecule has 1 aromatic heterocycles. The molecule has 0 unspecified atom stereocenters. The van der Waals surface area contributed by atoms with Gasteiger partial charge >= 0.3 is 0 Å². The van der Waals surface area contributed by atoms with Crippen LogP contribution >= 0.6 is 0 Å². The van der Waals surface area contributed by atoms with Gasteiger partial charge in [0.25, 0.3) is 0 Å². The van der Waals surface area contributed by atoms with Crippen LogP contribution in [0.1, 0.15) is 11.3 Å². The van der Waals surface area contributed by atoms with Gasteiger partial charge in [-0.15, -0.1) is 0 Å². The Morgan fingerprint density at radius 1 is 1.24 bits per heavy atom. The molecule has 0 spiro atoms. The van der Waals surface area contributed by atoms with Gasteiger partial charge in [0.15, 0.2) is 0 Å². The molecule has 4 heteroatoms. The topological polar surface area (TPSA) is 66.1 Å². The third-order valence-electron chi connectivity index (χ3n) is 2.12. The molecule has 2 rings (SSSR count). The van der Waals surface area contributed by atoms with E-state index in [-0.39, 0.29) is 5.75 Å². The predicted molar refractivity (Wildman–Crippen MR) is 61.9 cm³/mol. The van der Waals surface area contributed by atoms with Crippen molar-refractivity contribution in [3.05, 3.63) is 47.8 Å². The Kier molecular flexibility index (Phi) is 2.93. The average molecular weight is 226 g/mol. The van der Waals surface area contributed by atoms with Crippen LogP contribution in [-0.2, 0) is 0 Å². The number of ether oxygens (including phenoxy) is 1. The van der Waals surface area contributed by atoms with Crippen LogP contribution in [0, 0.1) is 18.3 Å². The van der Waals surface area contributed by atoms with Gasteiger partial charge in [-0.05, 0) is 36.8 Å². The molecular weight excluding hydrogens is 216 g/mol. The van der Waals surface area contributed by atoms with E-state index in [4.69, 9.17) is 10.00 Å². The highest BCUT2D eigenvalue weighted by molar-refractivity contribution is 5.39. The molecule has 0 fully saturated rings. The van der Waals surface area contributed by atoms with Gasteiger partial charge in [0.05, 0.1) is 6.20 Å². The van der Waals surface area contributed by atoms with Crippen molar-refractivity contribution in [2.45, 2.75) is 6.92 Å². The molecule has 1 aromatic carbocycles. The normalized spacial score (nSPS) is 9.65. The number of hydrogen-bond donors (Lipinski definition) is 1. The Bertz CT molecular complexity index is 551. The number of benzene rings is 1. The predicted octanol–water partition coefficient (Wildman–Crippen LogP) is 2.76. The van der Waals surface area contributed by atoms with Crippen LogP contribution < -0.4 is 4.74 Å². The van der Waals surface area contributed by atoms with E-state index in [9.17, 15) is 5.11 Å². The number of nitrogens with zero attached hydrogens (tertiary/aromatic N) is 2. The molecule has 17 heavy (non-hydrogen) atoms. The summed E-state index contributed by atoms with van der Waals surface area (Å²) >= 11 is 0. The van der Waals surface area contributed by atoms with Crippen LogP contribution in [0.3, 0.4) is 0 Å². The van der Waals surface area contributed by atoms with Crippen molar-refractivity contribution in [3.8, 4) is 23.3 Å². The van der Waals surface area contributed by atoms with E-state index in [1.807, 2.05) is 13.0 Å². The maximum Gasteiger partial charge on any atom is 0.145 e. The Morgan fingerprint density at radius 3 is 2.65 bits per heavy atom. The highest BCUT2D eigenvalue weighted by Crippen LogP contribution is 2.25. The number of phenols is 1. The summed E-state index contributed by atoms with van der Waals surface area (Å²) in [5.41, 5.74) is 1.24. The van der Waals surface area contributed by atoms with Crippen LogP contribution in [-0.4, -0.2) is 10.1 Å². The molecule has 1 heterocycles. The molecule has 4 nitrogen and oxygen atoms in total. The number of aromatic nitrogens is 1. The number of aryl methyl sites for hydroxylation is 1. The second kappa shape index (κ2) is 4.54. The van der Waals surface area contributed by atoms with Crippen molar-refractivity contribution in [3.63, 3.8) is 0 Å². The summed E-state index contributed by atoms with van der Waals surface area (Å²) < 4.78 is 5.51. The molecule has 84 valence electrons. The molecule has 0 aliphatic carbocycles. The van der Waals surface area contributed by atoms with Gasteiger partial charge in [0.2, 0.25) is 0 Å². The van der Waals surface area contributed by atoms with Gasteiger partial charge in [-0.3, -0.25) is 0 Å². The van der Waals surface area contributed by atoms with Gasteiger partial charge in [-0.25, -0.2) is 4.98 Å². The van der Waals surface area contributed by atoms with Crippen molar-refractivity contribution < 1.29 is 9.84 Å². The quantitative estimate of drug-likeness (QED) is 0.855. The maximum atomic E-state index is 9.42. The van der Waals surface area contributed by atoms with Crippen molar-refractivity contribution in [2.75, 3.05) is 0 Å². The molecule has 0 aliphatic heterocycles. The van der Waals surface area contributed by atoms with Crippen LogP contribution in [0.5, 0.6) is 17.2 Å². The van der Waals surface area contributed by atoms with Gasteiger partial charge in [0.1, 0.15) is 29.0 Å². The first kappa shape index (κ1) is 11.0. The van der Waals surface area contributed by atoms with Crippen molar-refractivity contribution in [1.82, 2.24) is 4.98 Å². The van der Waals surface area contributed by atoms with E-state index < -0.39 is 0 Å². The third-order valence-corrected chi connectivity index (χ3v) is 2.12. The summed E-state index contributed by atoms with van der Waals surface area (Å²) in [6, 6.07) is 10.1. The second-order valence-corrected chi connectivity index (χ2v) is 3.60. The minimum absolute atomic E-state index is 0.154. The van der Waals surface area contributed by atoms with Crippen molar-refractivity contribution in [2.24, 2.45) is 0 Å². The minimum atomic E-state index is 0.154. The minimum Gasteiger partial charge on any atom is -0.508 e. The number of phenolic OH excluding ortho intramolecular Hbond substituents is 1. The summed E-state index contributed by atoms with van der Waals surface area (Å²) in [6.45, 7) is 1.86. The summed E-state index contributed by atoms with van der Waals surface area (Å²) in [5.74, 6) is 1.21. The summed E-state index contributed by atoms with van der Waals surface area (Å²) in [7, 11) is 0. The highest BCUT2D eigenvalue weighted by atomic mass is 16.5. The fourth-order valence-corrected chi connectivity index (χ4v) is 1.43. The molecular formula is C13H10N2O2. The van der Waals surface area contributed by atoms with Crippen molar-refractivity contribution >= 4 is 0 Å².